The van der Waals surface area contributed by atoms with Gasteiger partial charge in [0.1, 0.15) is 11.4 Å². The molecule has 3 N–H and O–H groups in total. The van der Waals surface area contributed by atoms with E-state index in [-0.39, 0.29) is 11.9 Å². The monoisotopic (exact) mass is 243 g/mol. The highest BCUT2D eigenvalue weighted by Crippen LogP contribution is 2.46. The zero-order chi connectivity index (χ0) is 12.8. The fraction of sp³-hybridized carbons (Fsp3) is 0.200. The molecule has 0 saturated carbocycles. The molecular formula is C15H14FNO. The van der Waals surface area contributed by atoms with Crippen molar-refractivity contribution in [2.45, 2.75) is 18.1 Å². The minimum Gasteiger partial charge on any atom is -0.380 e. The molecule has 3 rings (SSSR count). The maximum absolute atomic E-state index is 13.3. The van der Waals surface area contributed by atoms with Crippen LogP contribution in [0.1, 0.15) is 29.2 Å². The lowest BCUT2D eigenvalue weighted by molar-refractivity contribution is 0.0773. The van der Waals surface area contributed by atoms with Gasteiger partial charge in [0, 0.05) is 12.5 Å². The van der Waals surface area contributed by atoms with Crippen molar-refractivity contribution in [2.75, 3.05) is 0 Å². The number of hydrogen-bond donors (Lipinski definition) is 2. The summed E-state index contributed by atoms with van der Waals surface area (Å²) in [4.78, 5) is 0. The van der Waals surface area contributed by atoms with Gasteiger partial charge in [0.15, 0.2) is 0 Å². The van der Waals surface area contributed by atoms with Crippen LogP contribution in [0.2, 0.25) is 0 Å². The van der Waals surface area contributed by atoms with Crippen molar-refractivity contribution in [3.8, 4) is 0 Å². The Hall–Kier alpha value is -1.71. The lowest BCUT2D eigenvalue weighted by Crippen LogP contribution is -2.25. The molecular weight excluding hydrogens is 229 g/mol. The van der Waals surface area contributed by atoms with Crippen molar-refractivity contribution in [1.82, 2.24) is 0 Å². The quantitative estimate of drug-likeness (QED) is 0.808. The van der Waals surface area contributed by atoms with Gasteiger partial charge >= 0.3 is 0 Å². The summed E-state index contributed by atoms with van der Waals surface area (Å²) in [5.41, 5.74) is 7.13. The first-order valence-corrected chi connectivity index (χ1v) is 5.95. The van der Waals surface area contributed by atoms with Crippen LogP contribution < -0.4 is 5.73 Å². The summed E-state index contributed by atoms with van der Waals surface area (Å²) in [7, 11) is 0. The maximum atomic E-state index is 13.3. The average molecular weight is 243 g/mol. The van der Waals surface area contributed by atoms with Gasteiger partial charge in [0.05, 0.1) is 0 Å². The standard InChI is InChI=1S/C15H14FNO/c16-11-5-3-4-10(8-11)15(18)9-14(17)12-6-1-2-7-13(12)15/h1-8,14,18H,9,17H2. The zero-order valence-corrected chi connectivity index (χ0v) is 9.81. The van der Waals surface area contributed by atoms with Gasteiger partial charge in [-0.05, 0) is 28.8 Å². The highest BCUT2D eigenvalue weighted by molar-refractivity contribution is 5.47. The Bertz CT molecular complexity index is 599. The Kier molecular flexibility index (Phi) is 2.47. The molecule has 0 aromatic heterocycles. The number of benzene rings is 2. The Morgan fingerprint density at radius 1 is 1.17 bits per heavy atom. The molecule has 0 spiro atoms. The SMILES string of the molecule is NC1CC(O)(c2cccc(F)c2)c2ccccc21. The minimum atomic E-state index is -1.18. The number of aliphatic hydroxyl groups is 1. The van der Waals surface area contributed by atoms with Crippen LogP contribution in [0.25, 0.3) is 0 Å². The van der Waals surface area contributed by atoms with Crippen LogP contribution in [-0.4, -0.2) is 5.11 Å². The molecule has 0 fully saturated rings. The van der Waals surface area contributed by atoms with E-state index < -0.39 is 5.60 Å². The molecule has 2 nitrogen and oxygen atoms in total. The second-order valence-corrected chi connectivity index (χ2v) is 4.77. The fourth-order valence-electron chi connectivity index (χ4n) is 2.75. The lowest BCUT2D eigenvalue weighted by Gasteiger charge is -2.24. The van der Waals surface area contributed by atoms with Crippen LogP contribution in [0.4, 0.5) is 4.39 Å². The van der Waals surface area contributed by atoms with Crippen molar-refractivity contribution in [3.63, 3.8) is 0 Å². The van der Waals surface area contributed by atoms with Gasteiger partial charge in [-0.25, -0.2) is 4.39 Å². The van der Waals surface area contributed by atoms with Crippen molar-refractivity contribution in [1.29, 1.82) is 0 Å². The molecule has 2 aromatic carbocycles. The highest BCUT2D eigenvalue weighted by Gasteiger charge is 2.42. The van der Waals surface area contributed by atoms with Crippen molar-refractivity contribution < 1.29 is 9.50 Å². The third-order valence-electron chi connectivity index (χ3n) is 3.62. The minimum absolute atomic E-state index is 0.213. The first kappa shape index (κ1) is 11.4. The summed E-state index contributed by atoms with van der Waals surface area (Å²) in [5, 5.41) is 10.9. The molecule has 1 aliphatic carbocycles. The smallest absolute Gasteiger partial charge is 0.123 e. The van der Waals surface area contributed by atoms with E-state index in [1.165, 1.54) is 12.1 Å². The normalized spacial score (nSPS) is 26.1. The number of hydrogen-bond acceptors (Lipinski definition) is 2. The van der Waals surface area contributed by atoms with E-state index in [0.717, 1.165) is 11.1 Å². The van der Waals surface area contributed by atoms with Crippen LogP contribution in [0.15, 0.2) is 48.5 Å². The Balaban J connectivity index is 2.18. The van der Waals surface area contributed by atoms with Crippen LogP contribution in [-0.2, 0) is 5.60 Å². The molecule has 2 aromatic rings. The van der Waals surface area contributed by atoms with E-state index in [1.54, 1.807) is 12.1 Å². The molecule has 2 atom stereocenters. The number of rotatable bonds is 1. The first-order chi connectivity index (χ1) is 8.61. The Morgan fingerprint density at radius 2 is 1.94 bits per heavy atom. The molecule has 0 amide bonds. The van der Waals surface area contributed by atoms with Gasteiger partial charge in [-0.15, -0.1) is 0 Å². The molecule has 3 heteroatoms. The van der Waals surface area contributed by atoms with Crippen LogP contribution >= 0.6 is 0 Å². The van der Waals surface area contributed by atoms with E-state index in [4.69, 9.17) is 5.73 Å². The topological polar surface area (TPSA) is 46.2 Å². The van der Waals surface area contributed by atoms with Gasteiger partial charge in [0.2, 0.25) is 0 Å². The molecule has 0 bridgehead atoms. The molecule has 18 heavy (non-hydrogen) atoms. The third-order valence-corrected chi connectivity index (χ3v) is 3.62. The number of fused-ring (bicyclic) bond motifs is 1. The summed E-state index contributed by atoms with van der Waals surface area (Å²) >= 11 is 0. The van der Waals surface area contributed by atoms with Gasteiger partial charge in [-0.2, -0.15) is 0 Å². The third kappa shape index (κ3) is 1.55. The predicted octanol–water partition coefficient (Wildman–Crippen LogP) is 2.47. The molecule has 0 heterocycles. The summed E-state index contributed by atoms with van der Waals surface area (Å²) in [6, 6.07) is 13.4. The largest absolute Gasteiger partial charge is 0.380 e. The highest BCUT2D eigenvalue weighted by atomic mass is 19.1. The van der Waals surface area contributed by atoms with Crippen molar-refractivity contribution >= 4 is 0 Å². The lowest BCUT2D eigenvalue weighted by atomic mass is 9.88. The van der Waals surface area contributed by atoms with Crippen molar-refractivity contribution in [3.05, 3.63) is 71.0 Å². The van der Waals surface area contributed by atoms with E-state index in [0.29, 0.717) is 12.0 Å². The van der Waals surface area contributed by atoms with Gasteiger partial charge in [0.25, 0.3) is 0 Å². The van der Waals surface area contributed by atoms with Crippen LogP contribution in [0.3, 0.4) is 0 Å². The van der Waals surface area contributed by atoms with Crippen LogP contribution in [0, 0.1) is 5.82 Å². The Morgan fingerprint density at radius 3 is 2.72 bits per heavy atom. The Labute approximate surface area is 105 Å². The average Bonchev–Trinajstić information content (AvgIpc) is 2.64. The molecule has 0 saturated heterocycles. The zero-order valence-electron chi connectivity index (χ0n) is 9.81. The second-order valence-electron chi connectivity index (χ2n) is 4.77. The fourth-order valence-corrected chi connectivity index (χ4v) is 2.75. The van der Waals surface area contributed by atoms with Gasteiger partial charge in [-0.3, -0.25) is 0 Å². The second kappa shape index (κ2) is 3.90. The molecule has 92 valence electrons. The van der Waals surface area contributed by atoms with Crippen LogP contribution in [0.5, 0.6) is 0 Å². The number of nitrogens with two attached hydrogens (primary N) is 1. The number of halogens is 1. The van der Waals surface area contributed by atoms with E-state index in [9.17, 15) is 9.50 Å². The molecule has 0 aliphatic heterocycles. The summed E-state index contributed by atoms with van der Waals surface area (Å²) < 4.78 is 13.3. The molecule has 2 unspecified atom stereocenters. The van der Waals surface area contributed by atoms with E-state index >= 15 is 0 Å². The predicted molar refractivity (Wildman–Crippen MR) is 67.4 cm³/mol. The van der Waals surface area contributed by atoms with Gasteiger partial charge < -0.3 is 10.8 Å². The molecule has 0 radical (unpaired) electrons. The van der Waals surface area contributed by atoms with E-state index in [2.05, 4.69) is 0 Å². The maximum Gasteiger partial charge on any atom is 0.123 e. The van der Waals surface area contributed by atoms with E-state index in [1.807, 2.05) is 24.3 Å². The molecule has 1 aliphatic rings. The summed E-state index contributed by atoms with van der Waals surface area (Å²) in [6.07, 6.45) is 0.385. The summed E-state index contributed by atoms with van der Waals surface area (Å²) in [5.74, 6) is -0.348. The van der Waals surface area contributed by atoms with Gasteiger partial charge in [-0.1, -0.05) is 36.4 Å². The first-order valence-electron chi connectivity index (χ1n) is 5.95. The summed E-state index contributed by atoms with van der Waals surface area (Å²) in [6.45, 7) is 0. The van der Waals surface area contributed by atoms with Crippen molar-refractivity contribution in [2.24, 2.45) is 5.73 Å².